The summed E-state index contributed by atoms with van der Waals surface area (Å²) in [7, 11) is 0. The van der Waals surface area contributed by atoms with Gasteiger partial charge in [-0.3, -0.25) is 0 Å². The van der Waals surface area contributed by atoms with Gasteiger partial charge in [-0.05, 0) is 31.4 Å². The minimum Gasteiger partial charge on any atom is -0.467 e. The van der Waals surface area contributed by atoms with E-state index in [9.17, 15) is 9.90 Å². The molecule has 5 nitrogen and oxygen atoms in total. The van der Waals surface area contributed by atoms with Crippen LogP contribution < -0.4 is 10.6 Å². The maximum Gasteiger partial charge on any atom is 0.315 e. The first-order valence-electron chi connectivity index (χ1n) is 7.01. The Morgan fingerprint density at radius 2 is 2.21 bits per heavy atom. The zero-order chi connectivity index (χ0) is 13.5. The second-order valence-electron chi connectivity index (χ2n) is 5.06. The van der Waals surface area contributed by atoms with E-state index in [0.29, 0.717) is 24.8 Å². The first-order valence-corrected chi connectivity index (χ1v) is 7.01. The normalized spacial score (nSPS) is 17.9. The summed E-state index contributed by atoms with van der Waals surface area (Å²) in [6.45, 7) is 0.431. The van der Waals surface area contributed by atoms with Gasteiger partial charge in [-0.15, -0.1) is 0 Å². The van der Waals surface area contributed by atoms with Crippen LogP contribution in [0.3, 0.4) is 0 Å². The minimum atomic E-state index is -0.662. The predicted molar refractivity (Wildman–Crippen MR) is 71.7 cm³/mol. The standard InChI is InChI=1S/C14H22N2O3/c17-12(13-7-4-10-19-13)8-9-15-14(18)16-11-5-2-1-3-6-11/h4,7,10-12,17H,1-3,5-6,8-9H2,(H2,15,16,18)/t12-/m0/s1. The fourth-order valence-corrected chi connectivity index (χ4v) is 2.43. The van der Waals surface area contributed by atoms with Gasteiger partial charge in [-0.25, -0.2) is 4.79 Å². The van der Waals surface area contributed by atoms with Crippen molar-refractivity contribution in [2.24, 2.45) is 0 Å². The summed E-state index contributed by atoms with van der Waals surface area (Å²) < 4.78 is 5.10. The van der Waals surface area contributed by atoms with Crippen LogP contribution >= 0.6 is 0 Å². The Morgan fingerprint density at radius 3 is 2.89 bits per heavy atom. The molecule has 1 saturated carbocycles. The van der Waals surface area contributed by atoms with Crippen LogP contribution in [0.2, 0.25) is 0 Å². The van der Waals surface area contributed by atoms with Gasteiger partial charge in [-0.1, -0.05) is 19.3 Å². The van der Waals surface area contributed by atoms with Crippen molar-refractivity contribution in [3.63, 3.8) is 0 Å². The summed E-state index contributed by atoms with van der Waals surface area (Å²) >= 11 is 0. The van der Waals surface area contributed by atoms with Crippen molar-refractivity contribution in [3.05, 3.63) is 24.2 Å². The lowest BCUT2D eigenvalue weighted by molar-refractivity contribution is 0.140. The highest BCUT2D eigenvalue weighted by Gasteiger charge is 2.16. The summed E-state index contributed by atoms with van der Waals surface area (Å²) in [5.41, 5.74) is 0. The molecule has 0 saturated heterocycles. The third-order valence-corrected chi connectivity index (χ3v) is 3.52. The monoisotopic (exact) mass is 266 g/mol. The van der Waals surface area contributed by atoms with Crippen molar-refractivity contribution in [2.45, 2.75) is 50.7 Å². The molecule has 1 aliphatic rings. The molecule has 0 aliphatic heterocycles. The highest BCUT2D eigenvalue weighted by Crippen LogP contribution is 2.17. The molecule has 106 valence electrons. The van der Waals surface area contributed by atoms with E-state index in [2.05, 4.69) is 10.6 Å². The molecule has 2 amide bonds. The van der Waals surface area contributed by atoms with Gasteiger partial charge in [0, 0.05) is 12.6 Å². The van der Waals surface area contributed by atoms with E-state index in [1.807, 2.05) is 0 Å². The summed E-state index contributed by atoms with van der Waals surface area (Å²) in [4.78, 5) is 11.7. The number of nitrogens with one attached hydrogen (secondary N) is 2. The molecule has 1 atom stereocenters. The van der Waals surface area contributed by atoms with Crippen LogP contribution in [0.15, 0.2) is 22.8 Å². The molecule has 1 aromatic heterocycles. The summed E-state index contributed by atoms with van der Waals surface area (Å²) in [6, 6.07) is 3.64. The number of hydrogen-bond acceptors (Lipinski definition) is 3. The molecule has 1 aliphatic carbocycles. The Hall–Kier alpha value is -1.49. The first kappa shape index (κ1) is 13.9. The molecule has 1 fully saturated rings. The largest absolute Gasteiger partial charge is 0.467 e. The van der Waals surface area contributed by atoms with Crippen LogP contribution in [-0.4, -0.2) is 23.7 Å². The smallest absolute Gasteiger partial charge is 0.315 e. The van der Waals surface area contributed by atoms with Crippen molar-refractivity contribution in [2.75, 3.05) is 6.54 Å². The van der Waals surface area contributed by atoms with E-state index in [-0.39, 0.29) is 6.03 Å². The quantitative estimate of drug-likeness (QED) is 0.765. The Morgan fingerprint density at radius 1 is 1.42 bits per heavy atom. The Labute approximate surface area is 113 Å². The first-order chi connectivity index (χ1) is 9.25. The van der Waals surface area contributed by atoms with Crippen molar-refractivity contribution >= 4 is 6.03 Å². The van der Waals surface area contributed by atoms with Crippen LogP contribution in [-0.2, 0) is 0 Å². The van der Waals surface area contributed by atoms with Crippen LogP contribution in [0.25, 0.3) is 0 Å². The van der Waals surface area contributed by atoms with Gasteiger partial charge in [-0.2, -0.15) is 0 Å². The lowest BCUT2D eigenvalue weighted by atomic mass is 9.96. The van der Waals surface area contributed by atoms with E-state index in [1.54, 1.807) is 12.1 Å². The van der Waals surface area contributed by atoms with Crippen LogP contribution in [0.1, 0.15) is 50.4 Å². The Balaban J connectivity index is 1.61. The number of hydrogen-bond donors (Lipinski definition) is 3. The zero-order valence-corrected chi connectivity index (χ0v) is 11.1. The Kier molecular flexibility index (Phi) is 5.27. The number of amides is 2. The molecular weight excluding hydrogens is 244 g/mol. The van der Waals surface area contributed by atoms with E-state index in [1.165, 1.54) is 25.5 Å². The Bertz CT molecular complexity index is 372. The summed E-state index contributed by atoms with van der Waals surface area (Å²) in [6.07, 6.45) is 7.13. The van der Waals surface area contributed by atoms with Crippen LogP contribution in [0.5, 0.6) is 0 Å². The van der Waals surface area contributed by atoms with E-state index in [0.717, 1.165) is 12.8 Å². The second kappa shape index (κ2) is 7.19. The summed E-state index contributed by atoms with van der Waals surface area (Å²) in [5, 5.41) is 15.5. The van der Waals surface area contributed by atoms with E-state index < -0.39 is 6.10 Å². The van der Waals surface area contributed by atoms with Gasteiger partial charge in [0.25, 0.3) is 0 Å². The maximum atomic E-state index is 11.7. The molecule has 1 heterocycles. The molecule has 0 bridgehead atoms. The van der Waals surface area contributed by atoms with Gasteiger partial charge < -0.3 is 20.2 Å². The molecule has 0 spiro atoms. The third-order valence-electron chi connectivity index (χ3n) is 3.52. The average Bonchev–Trinajstić information content (AvgIpc) is 2.93. The van der Waals surface area contributed by atoms with Gasteiger partial charge in [0.15, 0.2) is 0 Å². The van der Waals surface area contributed by atoms with Crippen molar-refractivity contribution in [1.82, 2.24) is 10.6 Å². The molecule has 5 heteroatoms. The predicted octanol–water partition coefficient (Wildman–Crippen LogP) is 2.33. The maximum absolute atomic E-state index is 11.7. The van der Waals surface area contributed by atoms with Crippen molar-refractivity contribution in [1.29, 1.82) is 0 Å². The molecule has 2 rings (SSSR count). The SMILES string of the molecule is O=C(NCC[C@H](O)c1ccco1)NC1CCCCC1. The topological polar surface area (TPSA) is 74.5 Å². The summed E-state index contributed by atoms with van der Waals surface area (Å²) in [5.74, 6) is 0.537. The van der Waals surface area contributed by atoms with Gasteiger partial charge in [0.2, 0.25) is 0 Å². The fourth-order valence-electron chi connectivity index (χ4n) is 2.43. The van der Waals surface area contributed by atoms with Crippen molar-refractivity contribution in [3.8, 4) is 0 Å². The van der Waals surface area contributed by atoms with Crippen LogP contribution in [0, 0.1) is 0 Å². The molecule has 3 N–H and O–H groups in total. The zero-order valence-electron chi connectivity index (χ0n) is 11.1. The lowest BCUT2D eigenvalue weighted by Crippen LogP contribution is -2.43. The highest BCUT2D eigenvalue weighted by atomic mass is 16.4. The number of carbonyl (C=O) groups excluding carboxylic acids is 1. The van der Waals surface area contributed by atoms with Crippen LogP contribution in [0.4, 0.5) is 4.79 Å². The molecule has 1 aromatic rings. The molecule has 0 radical (unpaired) electrons. The van der Waals surface area contributed by atoms with Crippen molar-refractivity contribution < 1.29 is 14.3 Å². The number of furan rings is 1. The molecule has 0 unspecified atom stereocenters. The number of aliphatic hydroxyl groups is 1. The number of rotatable bonds is 5. The lowest BCUT2D eigenvalue weighted by Gasteiger charge is -2.23. The van der Waals surface area contributed by atoms with E-state index in [4.69, 9.17) is 4.42 Å². The van der Waals surface area contributed by atoms with Gasteiger partial charge in [0.05, 0.1) is 6.26 Å². The fraction of sp³-hybridized carbons (Fsp3) is 0.643. The van der Waals surface area contributed by atoms with E-state index >= 15 is 0 Å². The van der Waals surface area contributed by atoms with Gasteiger partial charge in [0.1, 0.15) is 11.9 Å². The van der Waals surface area contributed by atoms with Gasteiger partial charge >= 0.3 is 6.03 Å². The minimum absolute atomic E-state index is 0.140. The third kappa shape index (κ3) is 4.59. The highest BCUT2D eigenvalue weighted by molar-refractivity contribution is 5.74. The number of urea groups is 1. The second-order valence-corrected chi connectivity index (χ2v) is 5.06. The molecular formula is C14H22N2O3. The average molecular weight is 266 g/mol. The number of aliphatic hydroxyl groups excluding tert-OH is 1. The molecule has 19 heavy (non-hydrogen) atoms. The number of carbonyl (C=O) groups is 1. The molecule has 0 aromatic carbocycles.